The van der Waals surface area contributed by atoms with Crippen molar-refractivity contribution in [2.24, 2.45) is 5.92 Å². The van der Waals surface area contributed by atoms with E-state index >= 15 is 0 Å². The Morgan fingerprint density at radius 2 is 2.06 bits per heavy atom. The second kappa shape index (κ2) is 2.87. The molecular weight excluding hydrogens is 208 g/mol. The molecular formula is C15H18N2. The first kappa shape index (κ1) is 9.58. The summed E-state index contributed by atoms with van der Waals surface area (Å²) in [5, 5.41) is 0. The average Bonchev–Trinajstić information content (AvgIpc) is 2.69. The zero-order valence-corrected chi connectivity index (χ0v) is 10.4. The molecule has 17 heavy (non-hydrogen) atoms. The Kier molecular flexibility index (Phi) is 1.61. The fraction of sp³-hybridized carbons (Fsp3) is 0.467. The first-order valence-electron chi connectivity index (χ1n) is 6.50. The van der Waals surface area contributed by atoms with Gasteiger partial charge in [0.05, 0.1) is 0 Å². The van der Waals surface area contributed by atoms with Gasteiger partial charge in [-0.25, -0.2) is 0 Å². The van der Waals surface area contributed by atoms with Crippen LogP contribution in [0.2, 0.25) is 0 Å². The van der Waals surface area contributed by atoms with Crippen molar-refractivity contribution in [3.8, 4) is 0 Å². The Morgan fingerprint density at radius 1 is 1.24 bits per heavy atom. The lowest BCUT2D eigenvalue weighted by atomic mass is 9.54. The van der Waals surface area contributed by atoms with Crippen molar-refractivity contribution in [1.29, 1.82) is 0 Å². The molecule has 4 rings (SSSR count). The van der Waals surface area contributed by atoms with E-state index in [2.05, 4.69) is 60.4 Å². The van der Waals surface area contributed by atoms with Gasteiger partial charge in [-0.3, -0.25) is 0 Å². The van der Waals surface area contributed by atoms with Crippen LogP contribution in [0.4, 0.5) is 5.69 Å². The van der Waals surface area contributed by atoms with E-state index in [4.69, 9.17) is 0 Å². The lowest BCUT2D eigenvalue weighted by Crippen LogP contribution is -2.59. The summed E-state index contributed by atoms with van der Waals surface area (Å²) in [4.78, 5) is 4.83. The van der Waals surface area contributed by atoms with E-state index in [1.807, 2.05) is 0 Å². The van der Waals surface area contributed by atoms with Gasteiger partial charge in [-0.05, 0) is 24.5 Å². The molecule has 0 spiro atoms. The first-order chi connectivity index (χ1) is 8.22. The van der Waals surface area contributed by atoms with Gasteiger partial charge < -0.3 is 9.80 Å². The highest BCUT2D eigenvalue weighted by atomic mass is 15.4. The van der Waals surface area contributed by atoms with E-state index in [1.165, 1.54) is 18.5 Å². The number of hydrogen-bond donors (Lipinski definition) is 0. The zero-order chi connectivity index (χ0) is 11.6. The van der Waals surface area contributed by atoms with Gasteiger partial charge in [-0.2, -0.15) is 0 Å². The van der Waals surface area contributed by atoms with Gasteiger partial charge >= 0.3 is 0 Å². The molecule has 2 aliphatic heterocycles. The molecule has 0 saturated heterocycles. The van der Waals surface area contributed by atoms with Crippen LogP contribution < -0.4 is 4.90 Å². The molecule has 3 aliphatic rings. The summed E-state index contributed by atoms with van der Waals surface area (Å²) < 4.78 is 0. The summed E-state index contributed by atoms with van der Waals surface area (Å²) in [6, 6.07) is 8.93. The number of benzene rings is 1. The number of hydrogen-bond acceptors (Lipinski definition) is 2. The van der Waals surface area contributed by atoms with E-state index in [0.29, 0.717) is 11.6 Å². The van der Waals surface area contributed by atoms with Crippen molar-refractivity contribution in [3.05, 3.63) is 42.2 Å². The molecule has 1 aliphatic carbocycles. The number of nitrogens with zero attached hydrogens (tertiary/aromatic N) is 2. The van der Waals surface area contributed by atoms with Crippen LogP contribution in [0.5, 0.6) is 0 Å². The van der Waals surface area contributed by atoms with Crippen LogP contribution in [0.3, 0.4) is 0 Å². The molecule has 2 nitrogen and oxygen atoms in total. The Morgan fingerprint density at radius 3 is 2.82 bits per heavy atom. The van der Waals surface area contributed by atoms with Gasteiger partial charge in [-0.1, -0.05) is 25.1 Å². The van der Waals surface area contributed by atoms with Gasteiger partial charge in [0.15, 0.2) is 0 Å². The molecule has 2 heteroatoms. The third kappa shape index (κ3) is 0.974. The van der Waals surface area contributed by atoms with E-state index in [-0.39, 0.29) is 0 Å². The van der Waals surface area contributed by atoms with Crippen LogP contribution in [0, 0.1) is 5.92 Å². The SMILES string of the molecule is CN1C=CN2c3ccccc3C3(C)CCC3C12. The molecule has 0 N–H and O–H groups in total. The summed E-state index contributed by atoms with van der Waals surface area (Å²) >= 11 is 0. The van der Waals surface area contributed by atoms with Gasteiger partial charge in [0, 0.05) is 36.5 Å². The molecule has 1 fully saturated rings. The molecule has 88 valence electrons. The van der Waals surface area contributed by atoms with Gasteiger partial charge in [0.25, 0.3) is 0 Å². The van der Waals surface area contributed by atoms with Gasteiger partial charge in [0.2, 0.25) is 0 Å². The van der Waals surface area contributed by atoms with Crippen molar-refractivity contribution >= 4 is 5.69 Å². The minimum absolute atomic E-state index is 0.401. The van der Waals surface area contributed by atoms with Crippen LogP contribution in [-0.2, 0) is 5.41 Å². The quantitative estimate of drug-likeness (QED) is 0.671. The third-order valence-corrected chi connectivity index (χ3v) is 5.12. The van der Waals surface area contributed by atoms with E-state index in [9.17, 15) is 0 Å². The largest absolute Gasteiger partial charge is 0.358 e. The lowest BCUT2D eigenvalue weighted by Gasteiger charge is -2.58. The minimum Gasteiger partial charge on any atom is -0.358 e. The monoisotopic (exact) mass is 226 g/mol. The summed E-state index contributed by atoms with van der Waals surface area (Å²) in [7, 11) is 2.20. The van der Waals surface area contributed by atoms with Crippen molar-refractivity contribution in [2.75, 3.05) is 11.9 Å². The Bertz CT molecular complexity index is 507. The summed E-state index contributed by atoms with van der Waals surface area (Å²) in [6.45, 7) is 2.45. The van der Waals surface area contributed by atoms with E-state index < -0.39 is 0 Å². The van der Waals surface area contributed by atoms with Crippen LogP contribution >= 0.6 is 0 Å². The maximum Gasteiger partial charge on any atom is 0.109 e. The lowest BCUT2D eigenvalue weighted by molar-refractivity contribution is 0.0564. The standard InChI is InChI=1S/C15H18N2/c1-15-8-7-12(15)14-16(2)9-10-17(14)13-6-4-3-5-11(13)15/h3-6,9-10,12,14H,7-8H2,1-2H3. The van der Waals surface area contributed by atoms with E-state index in [1.54, 1.807) is 5.56 Å². The second-order valence-electron chi connectivity index (χ2n) is 5.86. The molecule has 1 aromatic carbocycles. The normalized spacial score (nSPS) is 37.3. The number of fused-ring (bicyclic) bond motifs is 6. The third-order valence-electron chi connectivity index (χ3n) is 5.12. The van der Waals surface area contributed by atoms with Crippen LogP contribution in [0.15, 0.2) is 36.7 Å². The fourth-order valence-electron chi connectivity index (χ4n) is 3.99. The summed E-state index contributed by atoms with van der Waals surface area (Å²) in [5.74, 6) is 0.775. The van der Waals surface area contributed by atoms with E-state index in [0.717, 1.165) is 5.92 Å². The van der Waals surface area contributed by atoms with Crippen LogP contribution in [0.25, 0.3) is 0 Å². The topological polar surface area (TPSA) is 6.48 Å². The highest BCUT2D eigenvalue weighted by molar-refractivity contribution is 5.64. The first-order valence-corrected chi connectivity index (χ1v) is 6.50. The smallest absolute Gasteiger partial charge is 0.109 e. The molecule has 0 aromatic heterocycles. The van der Waals surface area contributed by atoms with Crippen molar-refractivity contribution in [1.82, 2.24) is 4.90 Å². The minimum atomic E-state index is 0.401. The molecule has 0 radical (unpaired) electrons. The summed E-state index contributed by atoms with van der Waals surface area (Å²) in [5.41, 5.74) is 3.36. The number of anilines is 1. The molecule has 3 unspecified atom stereocenters. The number of rotatable bonds is 0. The van der Waals surface area contributed by atoms with Crippen molar-refractivity contribution in [3.63, 3.8) is 0 Å². The molecule has 3 atom stereocenters. The van der Waals surface area contributed by atoms with Crippen LogP contribution in [0.1, 0.15) is 25.3 Å². The summed E-state index contributed by atoms with van der Waals surface area (Å²) in [6.07, 6.45) is 7.70. The Labute approximate surface area is 103 Å². The van der Waals surface area contributed by atoms with Gasteiger partial charge in [-0.15, -0.1) is 0 Å². The van der Waals surface area contributed by atoms with Gasteiger partial charge in [0.1, 0.15) is 6.17 Å². The Balaban J connectivity index is 1.94. The number of para-hydroxylation sites is 1. The highest BCUT2D eigenvalue weighted by Gasteiger charge is 2.55. The molecule has 2 heterocycles. The van der Waals surface area contributed by atoms with Crippen LogP contribution in [-0.4, -0.2) is 18.1 Å². The maximum absolute atomic E-state index is 2.46. The fourth-order valence-corrected chi connectivity index (χ4v) is 3.99. The predicted octanol–water partition coefficient (Wildman–Crippen LogP) is 2.92. The van der Waals surface area contributed by atoms with Crippen molar-refractivity contribution < 1.29 is 0 Å². The van der Waals surface area contributed by atoms with Crippen molar-refractivity contribution in [2.45, 2.75) is 31.3 Å². The predicted molar refractivity (Wildman–Crippen MR) is 69.7 cm³/mol. The molecule has 0 amide bonds. The average molecular weight is 226 g/mol. The zero-order valence-electron chi connectivity index (χ0n) is 10.4. The maximum atomic E-state index is 2.46. The molecule has 0 bridgehead atoms. The Hall–Kier alpha value is -1.44. The second-order valence-corrected chi connectivity index (χ2v) is 5.86. The molecule has 1 aromatic rings. The highest BCUT2D eigenvalue weighted by Crippen LogP contribution is 2.58. The molecule has 1 saturated carbocycles.